The Morgan fingerprint density at radius 1 is 1.07 bits per heavy atom. The van der Waals surface area contributed by atoms with Crippen LogP contribution in [0.2, 0.25) is 0 Å². The van der Waals surface area contributed by atoms with Crippen LogP contribution in [0.25, 0.3) is 11.1 Å². The van der Waals surface area contributed by atoms with Crippen LogP contribution < -0.4 is 10.6 Å². The monoisotopic (exact) mass is 377 g/mol. The van der Waals surface area contributed by atoms with Gasteiger partial charge in [0, 0.05) is 5.56 Å². The number of hydrogen-bond acceptors (Lipinski definition) is 3. The van der Waals surface area contributed by atoms with Gasteiger partial charge in [-0.3, -0.25) is 9.59 Å². The molecule has 2 aromatic rings. The fourth-order valence-electron chi connectivity index (χ4n) is 3.06. The molecule has 5 nitrogen and oxygen atoms in total. The molecular formula is C23H27N3O2. The third-order valence-corrected chi connectivity index (χ3v) is 4.73. The molecule has 0 fully saturated rings. The highest BCUT2D eigenvalue weighted by atomic mass is 16.2. The van der Waals surface area contributed by atoms with Crippen LogP contribution in [0.1, 0.15) is 41.8 Å². The Bertz CT molecular complexity index is 880. The number of nitrogens with one attached hydrogen (secondary N) is 2. The van der Waals surface area contributed by atoms with E-state index in [0.29, 0.717) is 12.0 Å². The summed E-state index contributed by atoms with van der Waals surface area (Å²) in [6.45, 7) is 8.05. The van der Waals surface area contributed by atoms with E-state index in [0.717, 1.165) is 11.1 Å². The van der Waals surface area contributed by atoms with Gasteiger partial charge in [0.15, 0.2) is 0 Å². The van der Waals surface area contributed by atoms with Gasteiger partial charge in [0.25, 0.3) is 5.91 Å². The third kappa shape index (κ3) is 5.43. The summed E-state index contributed by atoms with van der Waals surface area (Å²) in [4.78, 5) is 24.9. The molecule has 0 spiro atoms. The molecule has 0 heterocycles. The molecule has 0 saturated carbocycles. The molecule has 0 aliphatic rings. The molecule has 2 rings (SSSR count). The average Bonchev–Trinajstić information content (AvgIpc) is 2.67. The topological polar surface area (TPSA) is 82.0 Å². The zero-order chi connectivity index (χ0) is 20.7. The van der Waals surface area contributed by atoms with Crippen molar-refractivity contribution in [2.45, 2.75) is 40.2 Å². The Morgan fingerprint density at radius 2 is 1.75 bits per heavy atom. The summed E-state index contributed by atoms with van der Waals surface area (Å²) in [6.07, 6.45) is 0.504. The summed E-state index contributed by atoms with van der Waals surface area (Å²) in [5.41, 5.74) is 5.12. The lowest BCUT2D eigenvalue weighted by molar-refractivity contribution is -0.123. The maximum atomic E-state index is 12.6. The number of hydrogen-bond donors (Lipinski definition) is 2. The summed E-state index contributed by atoms with van der Waals surface area (Å²) in [5.74, 6) is -0.411. The first-order chi connectivity index (χ1) is 13.3. The predicted molar refractivity (Wildman–Crippen MR) is 111 cm³/mol. The van der Waals surface area contributed by atoms with Crippen LogP contribution in [0.15, 0.2) is 42.5 Å². The zero-order valence-corrected chi connectivity index (χ0v) is 16.9. The van der Waals surface area contributed by atoms with Gasteiger partial charge in [0.2, 0.25) is 5.91 Å². The lowest BCUT2D eigenvalue weighted by Gasteiger charge is -2.19. The fraction of sp³-hybridized carbons (Fsp3) is 0.348. The summed E-state index contributed by atoms with van der Waals surface area (Å²) in [5, 5.41) is 14.0. The second-order valence-electron chi connectivity index (χ2n) is 7.36. The molecule has 0 aliphatic heterocycles. The molecule has 0 unspecified atom stereocenters. The van der Waals surface area contributed by atoms with E-state index in [4.69, 9.17) is 5.26 Å². The van der Waals surface area contributed by atoms with E-state index in [1.807, 2.05) is 38.1 Å². The molecule has 146 valence electrons. The van der Waals surface area contributed by atoms with Crippen molar-refractivity contribution >= 4 is 11.8 Å². The number of aryl methyl sites for hydroxylation is 1. The Balaban J connectivity index is 2.15. The van der Waals surface area contributed by atoms with E-state index in [1.54, 1.807) is 12.1 Å². The first kappa shape index (κ1) is 21.2. The number of carbonyl (C=O) groups excluding carboxylic acids is 2. The van der Waals surface area contributed by atoms with E-state index in [9.17, 15) is 9.59 Å². The van der Waals surface area contributed by atoms with Crippen molar-refractivity contribution in [3.63, 3.8) is 0 Å². The van der Waals surface area contributed by atoms with Crippen LogP contribution in [0.4, 0.5) is 0 Å². The van der Waals surface area contributed by atoms with Gasteiger partial charge in [0.05, 0.1) is 6.07 Å². The maximum Gasteiger partial charge on any atom is 0.251 e. The van der Waals surface area contributed by atoms with Crippen LogP contribution in [-0.4, -0.2) is 24.4 Å². The number of amides is 2. The van der Waals surface area contributed by atoms with Crippen molar-refractivity contribution in [2.75, 3.05) is 6.54 Å². The van der Waals surface area contributed by atoms with Crippen molar-refractivity contribution in [1.82, 2.24) is 10.6 Å². The minimum Gasteiger partial charge on any atom is -0.341 e. The van der Waals surface area contributed by atoms with Crippen molar-refractivity contribution in [2.24, 2.45) is 5.92 Å². The van der Waals surface area contributed by atoms with E-state index < -0.39 is 6.04 Å². The van der Waals surface area contributed by atoms with Crippen LogP contribution in [0, 0.1) is 31.1 Å². The molecule has 0 aromatic heterocycles. The molecule has 2 amide bonds. The first-order valence-corrected chi connectivity index (χ1v) is 9.45. The lowest BCUT2D eigenvalue weighted by Crippen LogP contribution is -2.47. The lowest BCUT2D eigenvalue weighted by atomic mass is 9.96. The molecule has 2 aromatic carbocycles. The van der Waals surface area contributed by atoms with E-state index >= 15 is 0 Å². The number of carbonyl (C=O) groups is 2. The van der Waals surface area contributed by atoms with Crippen LogP contribution in [-0.2, 0) is 4.79 Å². The maximum absolute atomic E-state index is 12.6. The Labute approximate surface area is 166 Å². The molecule has 28 heavy (non-hydrogen) atoms. The van der Waals surface area contributed by atoms with Gasteiger partial charge in [-0.15, -0.1) is 0 Å². The quantitative estimate of drug-likeness (QED) is 0.721. The summed E-state index contributed by atoms with van der Waals surface area (Å²) >= 11 is 0. The second-order valence-corrected chi connectivity index (χ2v) is 7.36. The largest absolute Gasteiger partial charge is 0.341 e. The van der Waals surface area contributed by atoms with Gasteiger partial charge in [-0.1, -0.05) is 44.2 Å². The molecule has 0 aliphatic carbocycles. The highest BCUT2D eigenvalue weighted by Crippen LogP contribution is 2.25. The van der Waals surface area contributed by atoms with Gasteiger partial charge >= 0.3 is 0 Å². The van der Waals surface area contributed by atoms with Gasteiger partial charge in [-0.05, 0) is 60.6 Å². The minimum atomic E-state index is -0.667. The van der Waals surface area contributed by atoms with E-state index in [1.165, 1.54) is 11.1 Å². The summed E-state index contributed by atoms with van der Waals surface area (Å²) < 4.78 is 0. The Hall–Kier alpha value is -3.13. The minimum absolute atomic E-state index is 0.0756. The first-order valence-electron chi connectivity index (χ1n) is 9.45. The van der Waals surface area contributed by atoms with Crippen molar-refractivity contribution in [1.29, 1.82) is 5.26 Å². The summed E-state index contributed by atoms with van der Waals surface area (Å²) in [7, 11) is 0. The van der Waals surface area contributed by atoms with Crippen LogP contribution in [0.3, 0.4) is 0 Å². The van der Waals surface area contributed by atoms with E-state index in [-0.39, 0.29) is 24.3 Å². The Morgan fingerprint density at radius 3 is 2.36 bits per heavy atom. The van der Waals surface area contributed by atoms with Crippen molar-refractivity contribution < 1.29 is 9.59 Å². The van der Waals surface area contributed by atoms with Gasteiger partial charge in [-0.2, -0.15) is 5.26 Å². The standard InChI is InChI=1S/C23H27N3O2/c1-15(2)14-21(23(28)25-13-12-24)26-22(27)19-10-8-18(9-11-19)20-7-5-6-16(3)17(20)4/h5-11,15,21H,13-14H2,1-4H3,(H,25,28)(H,26,27)/t21-/m0/s1. The SMILES string of the molecule is Cc1cccc(-c2ccc(C(=O)N[C@@H](CC(C)C)C(=O)NCC#N)cc2)c1C. The highest BCUT2D eigenvalue weighted by molar-refractivity contribution is 5.98. The van der Waals surface area contributed by atoms with Gasteiger partial charge in [0.1, 0.15) is 12.6 Å². The highest BCUT2D eigenvalue weighted by Gasteiger charge is 2.22. The predicted octanol–water partition coefficient (Wildman–Crippen LogP) is 3.75. The molecule has 0 radical (unpaired) electrons. The van der Waals surface area contributed by atoms with Crippen LogP contribution >= 0.6 is 0 Å². The van der Waals surface area contributed by atoms with Crippen molar-refractivity contribution in [3.05, 3.63) is 59.2 Å². The molecule has 5 heteroatoms. The molecule has 2 N–H and O–H groups in total. The second kappa shape index (κ2) is 9.70. The van der Waals surface area contributed by atoms with Crippen LogP contribution in [0.5, 0.6) is 0 Å². The van der Waals surface area contributed by atoms with Gasteiger partial charge < -0.3 is 10.6 Å². The zero-order valence-electron chi connectivity index (χ0n) is 16.9. The number of nitrogens with zero attached hydrogens (tertiary/aromatic N) is 1. The van der Waals surface area contributed by atoms with Crippen molar-refractivity contribution in [3.8, 4) is 17.2 Å². The molecule has 0 saturated heterocycles. The average molecular weight is 377 g/mol. The molecule has 0 bridgehead atoms. The molecular weight excluding hydrogens is 350 g/mol. The number of benzene rings is 2. The Kier molecular flexibility index (Phi) is 7.34. The van der Waals surface area contributed by atoms with E-state index in [2.05, 4.69) is 36.6 Å². The van der Waals surface area contributed by atoms with Gasteiger partial charge in [-0.25, -0.2) is 0 Å². The normalized spacial score (nSPS) is 11.6. The summed E-state index contributed by atoms with van der Waals surface area (Å²) in [6, 6.07) is 14.8. The number of nitriles is 1. The number of rotatable bonds is 7. The molecule has 1 atom stereocenters. The third-order valence-electron chi connectivity index (χ3n) is 4.73. The smallest absolute Gasteiger partial charge is 0.251 e. The fourth-order valence-corrected chi connectivity index (χ4v) is 3.06.